The lowest BCUT2D eigenvalue weighted by Crippen LogP contribution is -2.57. The first-order valence-corrected chi connectivity index (χ1v) is 12.2. The third-order valence-corrected chi connectivity index (χ3v) is 7.04. The number of nitrogens with one attached hydrogen (secondary N) is 1. The molecule has 2 aliphatic rings. The number of carboxylic acid groups (broad SMARTS) is 1. The summed E-state index contributed by atoms with van der Waals surface area (Å²) in [6.07, 6.45) is 0.548. The van der Waals surface area contributed by atoms with Gasteiger partial charge in [0.2, 0.25) is 0 Å². The second-order valence-electron chi connectivity index (χ2n) is 10.6. The number of hydrogen-bond acceptors (Lipinski definition) is 6. The molecule has 1 aromatic carbocycles. The number of fused-ring (bicyclic) bond motifs is 2. The number of thiocarbonyl (C=S) groups is 1. The van der Waals surface area contributed by atoms with Crippen LogP contribution in [0.25, 0.3) is 0 Å². The molecule has 3 rings (SSSR count). The quantitative estimate of drug-likeness (QED) is 0.474. The lowest BCUT2D eigenvalue weighted by atomic mass is 9.81. The molecule has 0 aliphatic carbocycles. The largest absolute Gasteiger partial charge is 0.491 e. The summed E-state index contributed by atoms with van der Waals surface area (Å²) in [5.41, 5.74) is 0.227. The Hall–Kier alpha value is -2.41. The first-order valence-electron chi connectivity index (χ1n) is 11.8. The molecule has 0 aromatic heterocycles. The van der Waals surface area contributed by atoms with Gasteiger partial charge in [0, 0.05) is 39.3 Å². The van der Waals surface area contributed by atoms with Crippen molar-refractivity contribution in [2.45, 2.75) is 33.3 Å². The van der Waals surface area contributed by atoms with E-state index < -0.39 is 18.0 Å². The number of carboxylic acids is 1. The van der Waals surface area contributed by atoms with E-state index in [1.165, 1.54) is 0 Å². The predicted molar refractivity (Wildman–Crippen MR) is 133 cm³/mol. The Morgan fingerprint density at radius 3 is 2.38 bits per heavy atom. The number of nitriles is 1. The van der Waals surface area contributed by atoms with E-state index in [-0.39, 0.29) is 12.0 Å². The molecule has 0 saturated carbocycles. The number of piperidine rings is 2. The highest BCUT2D eigenvalue weighted by Crippen LogP contribution is 2.29. The van der Waals surface area contributed by atoms with Crippen LogP contribution in [0.4, 0.5) is 0 Å². The molecule has 3 N–H and O–H groups in total. The van der Waals surface area contributed by atoms with Crippen molar-refractivity contribution < 1.29 is 19.7 Å². The average Bonchev–Trinajstić information content (AvgIpc) is 2.76. The standard InChI is InChI=1S/C25H36N4O4S/c1-25(2,3)22(23(31)32)10-27-24(34)29-13-18-8-19(14-29)12-28(11-18)15-20(30)16-33-21-6-4-17(9-26)5-7-21/h4-7,18-20,22,30H,8,10-16H2,1-3H3,(H,27,34)(H,31,32). The number of benzene rings is 1. The third-order valence-electron chi connectivity index (χ3n) is 6.64. The summed E-state index contributed by atoms with van der Waals surface area (Å²) in [5, 5.41) is 32.7. The molecular formula is C25H36N4O4S. The van der Waals surface area contributed by atoms with Gasteiger partial charge < -0.3 is 25.2 Å². The van der Waals surface area contributed by atoms with E-state index >= 15 is 0 Å². The van der Waals surface area contributed by atoms with Gasteiger partial charge in [-0.25, -0.2) is 0 Å². The fraction of sp³-hybridized carbons (Fsp3) is 0.640. The van der Waals surface area contributed by atoms with Gasteiger partial charge in [-0.15, -0.1) is 0 Å². The molecule has 186 valence electrons. The molecule has 2 fully saturated rings. The number of aliphatic hydroxyl groups is 1. The van der Waals surface area contributed by atoms with Crippen LogP contribution in [0.3, 0.4) is 0 Å². The molecule has 1 aromatic rings. The number of aliphatic carboxylic acids is 1. The minimum absolute atomic E-state index is 0.205. The number of hydrogen-bond donors (Lipinski definition) is 3. The van der Waals surface area contributed by atoms with Crippen LogP contribution in [0.5, 0.6) is 5.75 Å². The van der Waals surface area contributed by atoms with Crippen molar-refractivity contribution in [2.75, 3.05) is 45.9 Å². The maximum absolute atomic E-state index is 11.6. The van der Waals surface area contributed by atoms with Crippen molar-refractivity contribution in [1.82, 2.24) is 15.1 Å². The Morgan fingerprint density at radius 1 is 1.24 bits per heavy atom. The minimum atomic E-state index is -0.810. The predicted octanol–water partition coefficient (Wildman–Crippen LogP) is 2.17. The zero-order valence-corrected chi connectivity index (χ0v) is 21.1. The number of likely N-dealkylation sites (tertiary alicyclic amines) is 2. The van der Waals surface area contributed by atoms with Gasteiger partial charge in [-0.2, -0.15) is 5.26 Å². The molecule has 4 unspecified atom stereocenters. The average molecular weight is 489 g/mol. The Morgan fingerprint density at radius 2 is 1.85 bits per heavy atom. The maximum Gasteiger partial charge on any atom is 0.308 e. The van der Waals surface area contributed by atoms with Crippen molar-refractivity contribution in [3.8, 4) is 11.8 Å². The summed E-state index contributed by atoms with van der Waals surface area (Å²) in [7, 11) is 0. The van der Waals surface area contributed by atoms with E-state index in [4.69, 9.17) is 22.2 Å². The molecule has 8 nitrogen and oxygen atoms in total. The molecule has 0 spiro atoms. The fourth-order valence-corrected chi connectivity index (χ4v) is 5.17. The van der Waals surface area contributed by atoms with E-state index in [0.29, 0.717) is 41.4 Å². The van der Waals surface area contributed by atoms with Crippen LogP contribution in [0.1, 0.15) is 32.8 Å². The molecule has 9 heteroatoms. The number of nitrogens with zero attached hydrogens (tertiary/aromatic N) is 3. The molecular weight excluding hydrogens is 452 g/mol. The van der Waals surface area contributed by atoms with E-state index in [9.17, 15) is 15.0 Å². The maximum atomic E-state index is 11.6. The molecule has 2 heterocycles. The highest BCUT2D eigenvalue weighted by atomic mass is 32.1. The van der Waals surface area contributed by atoms with Crippen LogP contribution in [0, 0.1) is 34.5 Å². The normalized spacial score (nSPS) is 22.4. The second kappa shape index (κ2) is 11.3. The molecule has 2 bridgehead atoms. The third kappa shape index (κ3) is 7.29. The Labute approximate surface area is 207 Å². The highest BCUT2D eigenvalue weighted by molar-refractivity contribution is 7.80. The molecule has 2 aliphatic heterocycles. The Kier molecular flexibility index (Phi) is 8.74. The van der Waals surface area contributed by atoms with Gasteiger partial charge in [-0.05, 0) is 60.2 Å². The van der Waals surface area contributed by atoms with Crippen LogP contribution in [-0.4, -0.2) is 83.1 Å². The first kappa shape index (κ1) is 26.2. The van der Waals surface area contributed by atoms with Crippen molar-refractivity contribution in [2.24, 2.45) is 23.2 Å². The topological polar surface area (TPSA) is 109 Å². The van der Waals surface area contributed by atoms with Crippen LogP contribution in [0.2, 0.25) is 0 Å². The van der Waals surface area contributed by atoms with Crippen molar-refractivity contribution >= 4 is 23.3 Å². The van der Waals surface area contributed by atoms with Crippen LogP contribution >= 0.6 is 12.2 Å². The van der Waals surface area contributed by atoms with E-state index in [1.807, 2.05) is 20.8 Å². The smallest absolute Gasteiger partial charge is 0.308 e. The van der Waals surface area contributed by atoms with Gasteiger partial charge in [0.1, 0.15) is 18.5 Å². The van der Waals surface area contributed by atoms with E-state index in [2.05, 4.69) is 21.2 Å². The summed E-state index contributed by atoms with van der Waals surface area (Å²) in [6.45, 7) is 10.3. The van der Waals surface area contributed by atoms with Gasteiger partial charge in [0.25, 0.3) is 0 Å². The summed E-state index contributed by atoms with van der Waals surface area (Å²) < 4.78 is 5.68. The number of aliphatic hydroxyl groups excluding tert-OH is 1. The Bertz CT molecular complexity index is 882. The molecule has 34 heavy (non-hydrogen) atoms. The molecule has 2 saturated heterocycles. The van der Waals surface area contributed by atoms with Gasteiger partial charge in [-0.1, -0.05) is 20.8 Å². The summed E-state index contributed by atoms with van der Waals surface area (Å²) >= 11 is 5.61. The lowest BCUT2D eigenvalue weighted by Gasteiger charge is -2.47. The van der Waals surface area contributed by atoms with Crippen molar-refractivity contribution in [1.29, 1.82) is 5.26 Å². The van der Waals surface area contributed by atoms with E-state index in [1.54, 1.807) is 24.3 Å². The van der Waals surface area contributed by atoms with Crippen LogP contribution in [0.15, 0.2) is 24.3 Å². The minimum Gasteiger partial charge on any atom is -0.491 e. The Balaban J connectivity index is 1.44. The summed E-state index contributed by atoms with van der Waals surface area (Å²) in [4.78, 5) is 16.1. The monoisotopic (exact) mass is 488 g/mol. The second-order valence-corrected chi connectivity index (χ2v) is 11.0. The number of β-amino-alcohol motifs (C(OH)–C–C–N with tert-alkyl or cyclic N) is 1. The lowest BCUT2D eigenvalue weighted by molar-refractivity contribution is -0.145. The molecule has 0 radical (unpaired) electrons. The van der Waals surface area contributed by atoms with E-state index in [0.717, 1.165) is 32.6 Å². The number of rotatable bonds is 8. The van der Waals surface area contributed by atoms with Crippen LogP contribution < -0.4 is 10.1 Å². The zero-order chi connectivity index (χ0) is 24.9. The van der Waals surface area contributed by atoms with Crippen molar-refractivity contribution in [3.05, 3.63) is 29.8 Å². The molecule has 0 amide bonds. The summed E-state index contributed by atoms with van der Waals surface area (Å²) in [6, 6.07) is 8.95. The van der Waals surface area contributed by atoms with Gasteiger partial charge in [0.05, 0.1) is 17.6 Å². The first-order chi connectivity index (χ1) is 16.0. The van der Waals surface area contributed by atoms with Crippen LogP contribution in [-0.2, 0) is 4.79 Å². The van der Waals surface area contributed by atoms with Gasteiger partial charge >= 0.3 is 5.97 Å². The van der Waals surface area contributed by atoms with Crippen molar-refractivity contribution in [3.63, 3.8) is 0 Å². The zero-order valence-electron chi connectivity index (χ0n) is 20.2. The fourth-order valence-electron chi connectivity index (χ4n) is 4.94. The SMILES string of the molecule is CC(C)(C)C(CNC(=S)N1CC2CC(CN(CC(O)COc3ccc(C#N)cc3)C2)C1)C(=O)O. The summed E-state index contributed by atoms with van der Waals surface area (Å²) in [5.74, 6) is 0.226. The van der Waals surface area contributed by atoms with Gasteiger partial charge in [0.15, 0.2) is 5.11 Å². The number of ether oxygens (including phenoxy) is 1. The number of carbonyl (C=O) groups is 1. The molecule has 4 atom stereocenters. The highest BCUT2D eigenvalue weighted by Gasteiger charge is 2.36. The van der Waals surface area contributed by atoms with Gasteiger partial charge in [-0.3, -0.25) is 9.69 Å².